The molecule has 1 heterocycles. The third-order valence-electron chi connectivity index (χ3n) is 3.05. The zero-order valence-corrected chi connectivity index (χ0v) is 8.98. The summed E-state index contributed by atoms with van der Waals surface area (Å²) in [6.45, 7) is 0.652. The van der Waals surface area contributed by atoms with E-state index in [1.807, 2.05) is 6.07 Å². The summed E-state index contributed by atoms with van der Waals surface area (Å²) in [7, 11) is 0. The van der Waals surface area contributed by atoms with Gasteiger partial charge >= 0.3 is 0 Å². The Labute approximate surface area is 90.4 Å². The molecule has 0 aliphatic heterocycles. The second-order valence-electron chi connectivity index (χ2n) is 4.21. The van der Waals surface area contributed by atoms with Gasteiger partial charge < -0.3 is 10.2 Å². The van der Waals surface area contributed by atoms with Gasteiger partial charge in [-0.3, -0.25) is 4.99 Å². The average Bonchev–Trinajstić information content (AvgIpc) is 2.80. The van der Waals surface area contributed by atoms with E-state index in [9.17, 15) is 0 Å². The highest BCUT2D eigenvalue weighted by Crippen LogP contribution is 2.23. The molecule has 1 aromatic rings. The smallest absolute Gasteiger partial charge is 0.0972 e. The lowest BCUT2D eigenvalue weighted by Crippen LogP contribution is -2.25. The van der Waals surface area contributed by atoms with Crippen molar-refractivity contribution in [3.8, 4) is 0 Å². The van der Waals surface area contributed by atoms with Crippen LogP contribution in [0.3, 0.4) is 0 Å². The molecule has 2 N–H and O–H groups in total. The Morgan fingerprint density at radius 2 is 2.20 bits per heavy atom. The number of aliphatic imine (C=N–C) groups is 1. The van der Waals surface area contributed by atoms with E-state index in [4.69, 9.17) is 10.2 Å². The van der Waals surface area contributed by atoms with Crippen LogP contribution in [0.4, 0.5) is 0 Å². The fourth-order valence-corrected chi connectivity index (χ4v) is 2.09. The van der Waals surface area contributed by atoms with Gasteiger partial charge in [-0.1, -0.05) is 19.3 Å². The van der Waals surface area contributed by atoms with Gasteiger partial charge in [-0.15, -0.1) is 0 Å². The fourth-order valence-electron chi connectivity index (χ4n) is 2.09. The Balaban J connectivity index is 1.88. The van der Waals surface area contributed by atoms with Gasteiger partial charge in [-0.05, 0) is 18.9 Å². The minimum Gasteiger partial charge on any atom is -0.472 e. The highest BCUT2D eigenvalue weighted by atomic mass is 16.3. The third kappa shape index (κ3) is 2.85. The molecule has 3 heteroatoms. The highest BCUT2D eigenvalue weighted by molar-refractivity contribution is 5.82. The standard InChI is InChI=1S/C12H18N2O/c13-12(11-4-2-1-3-5-11)14-8-10-6-7-15-9-10/h6-7,9,11H,1-5,8H2,(H2,13,14). The predicted octanol–water partition coefficient (Wildman–Crippen LogP) is 2.72. The minimum absolute atomic E-state index is 0.519. The quantitative estimate of drug-likeness (QED) is 0.610. The van der Waals surface area contributed by atoms with Crippen molar-refractivity contribution in [1.29, 1.82) is 0 Å². The Morgan fingerprint density at radius 3 is 2.87 bits per heavy atom. The maximum atomic E-state index is 5.98. The van der Waals surface area contributed by atoms with Gasteiger partial charge in [0.1, 0.15) is 0 Å². The first-order valence-corrected chi connectivity index (χ1v) is 5.67. The Morgan fingerprint density at radius 1 is 1.40 bits per heavy atom. The van der Waals surface area contributed by atoms with E-state index in [-0.39, 0.29) is 0 Å². The molecule has 0 saturated heterocycles. The molecule has 3 nitrogen and oxygen atoms in total. The van der Waals surface area contributed by atoms with Crippen molar-refractivity contribution < 1.29 is 4.42 Å². The van der Waals surface area contributed by atoms with Crippen molar-refractivity contribution in [1.82, 2.24) is 0 Å². The van der Waals surface area contributed by atoms with Crippen LogP contribution in [0.1, 0.15) is 37.7 Å². The summed E-state index contributed by atoms with van der Waals surface area (Å²) in [5, 5.41) is 0. The maximum absolute atomic E-state index is 5.98. The molecule has 15 heavy (non-hydrogen) atoms. The number of nitrogens with zero attached hydrogens (tertiary/aromatic N) is 1. The zero-order valence-electron chi connectivity index (χ0n) is 8.98. The summed E-state index contributed by atoms with van der Waals surface area (Å²) in [6, 6.07) is 1.93. The highest BCUT2D eigenvalue weighted by Gasteiger charge is 2.16. The van der Waals surface area contributed by atoms with Crippen molar-refractivity contribution in [3.05, 3.63) is 24.2 Å². The molecular formula is C12H18N2O. The lowest BCUT2D eigenvalue weighted by molar-refractivity contribution is 0.436. The van der Waals surface area contributed by atoms with Crippen LogP contribution in [0.2, 0.25) is 0 Å². The van der Waals surface area contributed by atoms with E-state index in [2.05, 4.69) is 4.99 Å². The first-order valence-electron chi connectivity index (χ1n) is 5.67. The fraction of sp³-hybridized carbons (Fsp3) is 0.583. The number of hydrogen-bond donors (Lipinski definition) is 1. The van der Waals surface area contributed by atoms with E-state index in [0.717, 1.165) is 11.4 Å². The van der Waals surface area contributed by atoms with Crippen LogP contribution in [0.15, 0.2) is 28.0 Å². The molecule has 1 saturated carbocycles. The molecule has 2 rings (SSSR count). The van der Waals surface area contributed by atoms with Crippen LogP contribution in [-0.2, 0) is 6.54 Å². The molecule has 82 valence electrons. The second kappa shape index (κ2) is 5.01. The number of hydrogen-bond acceptors (Lipinski definition) is 2. The average molecular weight is 206 g/mol. The maximum Gasteiger partial charge on any atom is 0.0972 e. The summed E-state index contributed by atoms with van der Waals surface area (Å²) in [5.41, 5.74) is 7.08. The molecule has 0 radical (unpaired) electrons. The van der Waals surface area contributed by atoms with Crippen LogP contribution >= 0.6 is 0 Å². The summed E-state index contributed by atoms with van der Waals surface area (Å²) in [6.07, 6.45) is 9.76. The molecular weight excluding hydrogens is 188 g/mol. The molecule has 0 unspecified atom stereocenters. The van der Waals surface area contributed by atoms with Crippen molar-refractivity contribution in [2.75, 3.05) is 0 Å². The zero-order chi connectivity index (χ0) is 10.5. The van der Waals surface area contributed by atoms with Crippen LogP contribution in [0.25, 0.3) is 0 Å². The van der Waals surface area contributed by atoms with Crippen LogP contribution in [-0.4, -0.2) is 5.84 Å². The van der Waals surface area contributed by atoms with Crippen molar-refractivity contribution in [3.63, 3.8) is 0 Å². The Bertz CT molecular complexity index is 310. The van der Waals surface area contributed by atoms with Crippen LogP contribution in [0.5, 0.6) is 0 Å². The van der Waals surface area contributed by atoms with E-state index in [1.54, 1.807) is 12.5 Å². The minimum atomic E-state index is 0.519. The molecule has 0 aromatic carbocycles. The van der Waals surface area contributed by atoms with Crippen molar-refractivity contribution in [2.45, 2.75) is 38.6 Å². The second-order valence-corrected chi connectivity index (χ2v) is 4.21. The largest absolute Gasteiger partial charge is 0.472 e. The lowest BCUT2D eigenvalue weighted by Gasteiger charge is -2.20. The van der Waals surface area contributed by atoms with Gasteiger partial charge in [0, 0.05) is 11.5 Å². The first kappa shape index (κ1) is 10.3. The monoisotopic (exact) mass is 206 g/mol. The third-order valence-corrected chi connectivity index (χ3v) is 3.05. The van der Waals surface area contributed by atoms with Gasteiger partial charge in [0.05, 0.1) is 24.9 Å². The van der Waals surface area contributed by atoms with Crippen LogP contribution < -0.4 is 5.73 Å². The first-order chi connectivity index (χ1) is 7.36. The number of nitrogens with two attached hydrogens (primary N) is 1. The molecule has 1 aliphatic rings. The predicted molar refractivity (Wildman–Crippen MR) is 60.6 cm³/mol. The summed E-state index contributed by atoms with van der Waals surface area (Å²) in [5.74, 6) is 1.35. The molecule has 0 bridgehead atoms. The molecule has 1 aromatic heterocycles. The summed E-state index contributed by atoms with van der Waals surface area (Å²) >= 11 is 0. The van der Waals surface area contributed by atoms with Crippen LogP contribution in [0, 0.1) is 5.92 Å². The topological polar surface area (TPSA) is 51.5 Å². The molecule has 0 amide bonds. The number of rotatable bonds is 3. The molecule has 1 fully saturated rings. The lowest BCUT2D eigenvalue weighted by atomic mass is 9.88. The molecule has 0 spiro atoms. The van der Waals surface area contributed by atoms with Gasteiger partial charge in [-0.25, -0.2) is 0 Å². The number of amidine groups is 1. The van der Waals surface area contributed by atoms with E-state index >= 15 is 0 Å². The van der Waals surface area contributed by atoms with Crippen molar-refractivity contribution >= 4 is 5.84 Å². The number of furan rings is 1. The van der Waals surface area contributed by atoms with E-state index in [1.165, 1.54) is 32.1 Å². The van der Waals surface area contributed by atoms with Gasteiger partial charge in [-0.2, -0.15) is 0 Å². The molecule has 1 aliphatic carbocycles. The molecule has 0 atom stereocenters. The normalized spacial score (nSPS) is 19.3. The van der Waals surface area contributed by atoms with Gasteiger partial charge in [0.15, 0.2) is 0 Å². The van der Waals surface area contributed by atoms with E-state index in [0.29, 0.717) is 12.5 Å². The van der Waals surface area contributed by atoms with Gasteiger partial charge in [0.2, 0.25) is 0 Å². The van der Waals surface area contributed by atoms with E-state index < -0.39 is 0 Å². The summed E-state index contributed by atoms with van der Waals surface area (Å²) in [4.78, 5) is 4.42. The Hall–Kier alpha value is -1.25. The SMILES string of the molecule is NC(=NCc1ccoc1)C1CCCCC1. The summed E-state index contributed by atoms with van der Waals surface area (Å²) < 4.78 is 4.98. The Kier molecular flexibility index (Phi) is 3.43. The van der Waals surface area contributed by atoms with Crippen molar-refractivity contribution in [2.24, 2.45) is 16.6 Å². The van der Waals surface area contributed by atoms with Gasteiger partial charge in [0.25, 0.3) is 0 Å².